The second-order valence-electron chi connectivity index (χ2n) is 7.00. The Morgan fingerprint density at radius 1 is 1.21 bits per heavy atom. The molecule has 7 nitrogen and oxygen atoms in total. The number of benzene rings is 1. The molecule has 2 fully saturated rings. The van der Waals surface area contributed by atoms with Gasteiger partial charge in [-0.3, -0.25) is 0 Å². The lowest BCUT2D eigenvalue weighted by atomic mass is 10.1. The monoisotopic (exact) mass is 519 g/mol. The van der Waals surface area contributed by atoms with Gasteiger partial charge in [-0.05, 0) is 44.4 Å². The van der Waals surface area contributed by atoms with Gasteiger partial charge in [-0.15, -0.1) is 24.0 Å². The molecule has 8 heteroatoms. The maximum Gasteiger partial charge on any atom is 0.194 e. The van der Waals surface area contributed by atoms with E-state index in [0.717, 1.165) is 62.1 Å². The molecule has 1 N–H and O–H groups in total. The van der Waals surface area contributed by atoms with Gasteiger partial charge >= 0.3 is 0 Å². The number of rotatable bonds is 7. The molecule has 0 saturated carbocycles. The van der Waals surface area contributed by atoms with Crippen molar-refractivity contribution in [2.24, 2.45) is 4.99 Å². The van der Waals surface area contributed by atoms with Crippen LogP contribution in [0.25, 0.3) is 0 Å². The normalized spacial score (nSPS) is 22.2. The Kier molecular flexibility index (Phi) is 10.3. The van der Waals surface area contributed by atoms with Crippen LogP contribution in [0.2, 0.25) is 0 Å². The fraction of sp³-hybridized carbons (Fsp3) is 0.667. The highest BCUT2D eigenvalue weighted by molar-refractivity contribution is 14.0. The van der Waals surface area contributed by atoms with Gasteiger partial charge in [0, 0.05) is 26.2 Å². The van der Waals surface area contributed by atoms with E-state index in [1.165, 1.54) is 0 Å². The highest BCUT2D eigenvalue weighted by Gasteiger charge is 2.32. The van der Waals surface area contributed by atoms with Gasteiger partial charge in [0.2, 0.25) is 0 Å². The van der Waals surface area contributed by atoms with Gasteiger partial charge in [0.05, 0.1) is 33.0 Å². The van der Waals surface area contributed by atoms with Crippen LogP contribution < -0.4 is 14.8 Å². The lowest BCUT2D eigenvalue weighted by molar-refractivity contribution is -0.0817. The van der Waals surface area contributed by atoms with Gasteiger partial charge in [-0.1, -0.05) is 6.07 Å². The molecule has 2 unspecified atom stereocenters. The Hall–Kier alpha value is -1.26. The third-order valence-corrected chi connectivity index (χ3v) is 5.05. The summed E-state index contributed by atoms with van der Waals surface area (Å²) < 4.78 is 22.8. The predicted molar refractivity (Wildman–Crippen MR) is 125 cm³/mol. The van der Waals surface area contributed by atoms with Crippen molar-refractivity contribution in [1.29, 1.82) is 0 Å². The average molecular weight is 519 g/mol. The number of hydrogen-bond donors (Lipinski definition) is 1. The average Bonchev–Trinajstić information content (AvgIpc) is 3.27. The van der Waals surface area contributed by atoms with Crippen LogP contribution in [0, 0.1) is 0 Å². The van der Waals surface area contributed by atoms with Crippen molar-refractivity contribution < 1.29 is 18.9 Å². The van der Waals surface area contributed by atoms with Crippen molar-refractivity contribution in [3.63, 3.8) is 0 Å². The zero-order valence-corrected chi connectivity index (χ0v) is 20.0. The molecule has 1 aromatic rings. The molecule has 0 aliphatic carbocycles. The maximum absolute atomic E-state index is 5.97. The highest BCUT2D eigenvalue weighted by atomic mass is 127. The molecule has 2 aliphatic rings. The van der Waals surface area contributed by atoms with Crippen LogP contribution in [0.5, 0.6) is 11.5 Å². The van der Waals surface area contributed by atoms with Crippen molar-refractivity contribution in [3.05, 3.63) is 23.8 Å². The Morgan fingerprint density at radius 2 is 2.03 bits per heavy atom. The first-order valence-electron chi connectivity index (χ1n) is 10.3. The summed E-state index contributed by atoms with van der Waals surface area (Å²) in [5.41, 5.74) is 1.09. The fourth-order valence-electron chi connectivity index (χ4n) is 3.67. The quantitative estimate of drug-likeness (QED) is 0.340. The first-order valence-corrected chi connectivity index (χ1v) is 10.3. The second-order valence-corrected chi connectivity index (χ2v) is 7.00. The van der Waals surface area contributed by atoms with Crippen molar-refractivity contribution in [2.45, 2.75) is 45.4 Å². The molecule has 2 saturated heterocycles. The number of hydrogen-bond acceptors (Lipinski definition) is 5. The summed E-state index contributed by atoms with van der Waals surface area (Å²) >= 11 is 0. The number of nitrogens with zero attached hydrogens (tertiary/aromatic N) is 2. The van der Waals surface area contributed by atoms with Crippen LogP contribution in [0.4, 0.5) is 0 Å². The first-order chi connectivity index (χ1) is 13.7. The first kappa shape index (κ1) is 24.0. The van der Waals surface area contributed by atoms with Crippen LogP contribution >= 0.6 is 24.0 Å². The number of morpholine rings is 1. The van der Waals surface area contributed by atoms with E-state index >= 15 is 0 Å². The molecule has 0 aromatic heterocycles. The van der Waals surface area contributed by atoms with Crippen LogP contribution in [0.15, 0.2) is 23.2 Å². The molecular formula is C21H34IN3O4. The Balaban J connectivity index is 0.00000300. The van der Waals surface area contributed by atoms with Crippen molar-refractivity contribution in [1.82, 2.24) is 10.2 Å². The van der Waals surface area contributed by atoms with Crippen molar-refractivity contribution in [3.8, 4) is 11.5 Å². The van der Waals surface area contributed by atoms with Crippen molar-refractivity contribution >= 4 is 29.9 Å². The van der Waals surface area contributed by atoms with E-state index in [2.05, 4.69) is 17.1 Å². The fourth-order valence-corrected chi connectivity index (χ4v) is 3.67. The van der Waals surface area contributed by atoms with Gasteiger partial charge in [0.25, 0.3) is 0 Å². The molecule has 2 aliphatic heterocycles. The predicted octanol–water partition coefficient (Wildman–Crippen LogP) is 3.06. The summed E-state index contributed by atoms with van der Waals surface area (Å²) in [4.78, 5) is 7.15. The van der Waals surface area contributed by atoms with E-state index in [1.807, 2.05) is 25.1 Å². The molecule has 0 spiro atoms. The number of halogens is 1. The van der Waals surface area contributed by atoms with E-state index in [0.29, 0.717) is 19.8 Å². The van der Waals surface area contributed by atoms with Gasteiger partial charge in [-0.25, -0.2) is 4.99 Å². The molecule has 0 bridgehead atoms. The third-order valence-electron chi connectivity index (χ3n) is 5.05. The van der Waals surface area contributed by atoms with Gasteiger partial charge in [0.15, 0.2) is 17.5 Å². The number of aliphatic imine (C=N–C) groups is 1. The number of guanidine groups is 1. The lowest BCUT2D eigenvalue weighted by Crippen LogP contribution is -2.53. The summed E-state index contributed by atoms with van der Waals surface area (Å²) in [6.45, 7) is 9.26. The molecule has 2 atom stereocenters. The van der Waals surface area contributed by atoms with Gasteiger partial charge < -0.3 is 29.2 Å². The molecule has 29 heavy (non-hydrogen) atoms. The van der Waals surface area contributed by atoms with E-state index in [4.69, 9.17) is 23.9 Å². The van der Waals surface area contributed by atoms with E-state index in [-0.39, 0.29) is 36.2 Å². The minimum Gasteiger partial charge on any atom is -0.493 e. The van der Waals surface area contributed by atoms with E-state index < -0.39 is 0 Å². The highest BCUT2D eigenvalue weighted by Crippen LogP contribution is 2.28. The largest absolute Gasteiger partial charge is 0.493 e. The molecule has 164 valence electrons. The van der Waals surface area contributed by atoms with Crippen LogP contribution in [-0.2, 0) is 16.0 Å². The Labute approximate surface area is 191 Å². The molecular weight excluding hydrogens is 485 g/mol. The Bertz CT molecular complexity index is 653. The third kappa shape index (κ3) is 6.62. The van der Waals surface area contributed by atoms with E-state index in [1.54, 1.807) is 7.11 Å². The standard InChI is InChI=1S/C21H33N3O4.HI/c1-4-22-21(24-10-12-28-20(15-24)18-7-6-11-27-18)23-14-16-8-9-17(25-3)19(13-16)26-5-2;/h8-9,13,18,20H,4-7,10-12,14-15H2,1-3H3,(H,22,23);1H. The molecule has 3 rings (SSSR count). The smallest absolute Gasteiger partial charge is 0.194 e. The van der Waals surface area contributed by atoms with Crippen LogP contribution in [-0.4, -0.2) is 69.6 Å². The molecule has 1 aromatic carbocycles. The molecule has 0 amide bonds. The summed E-state index contributed by atoms with van der Waals surface area (Å²) in [6.07, 6.45) is 2.53. The van der Waals surface area contributed by atoms with Gasteiger partial charge in [-0.2, -0.15) is 0 Å². The second kappa shape index (κ2) is 12.4. The maximum atomic E-state index is 5.97. The summed E-state index contributed by atoms with van der Waals surface area (Å²) in [6, 6.07) is 5.97. The summed E-state index contributed by atoms with van der Waals surface area (Å²) in [5.74, 6) is 2.42. The number of methoxy groups -OCH3 is 1. The molecule has 0 radical (unpaired) electrons. The summed E-state index contributed by atoms with van der Waals surface area (Å²) in [7, 11) is 1.65. The van der Waals surface area contributed by atoms with Crippen molar-refractivity contribution in [2.75, 3.05) is 46.6 Å². The number of ether oxygens (including phenoxy) is 4. The zero-order valence-electron chi connectivity index (χ0n) is 17.7. The number of nitrogens with one attached hydrogen (secondary N) is 1. The summed E-state index contributed by atoms with van der Waals surface area (Å²) in [5, 5.41) is 3.42. The topological polar surface area (TPSA) is 64.6 Å². The lowest BCUT2D eigenvalue weighted by Gasteiger charge is -2.37. The van der Waals surface area contributed by atoms with Crippen LogP contribution in [0.1, 0.15) is 32.3 Å². The van der Waals surface area contributed by atoms with Crippen LogP contribution in [0.3, 0.4) is 0 Å². The minimum atomic E-state index is 0. The van der Waals surface area contributed by atoms with E-state index in [9.17, 15) is 0 Å². The SMILES string of the molecule is CCNC(=NCc1ccc(OC)c(OCC)c1)N1CCOC(C2CCCO2)C1.I. The molecule has 2 heterocycles. The van der Waals surface area contributed by atoms with Gasteiger partial charge in [0.1, 0.15) is 6.10 Å². The minimum absolute atomic E-state index is 0. The zero-order chi connectivity index (χ0) is 19.8. The Morgan fingerprint density at radius 3 is 2.72 bits per heavy atom.